The molecule has 1 nitrogen and oxygen atoms in total. The Balaban J connectivity index is 0.000000396. The SMILES string of the molecule is CC.c1ccc(-c2cnsc2)cc1. The Kier molecular flexibility index (Phi) is 4.19. The third kappa shape index (κ3) is 2.67. The summed E-state index contributed by atoms with van der Waals surface area (Å²) in [4.78, 5) is 0. The summed E-state index contributed by atoms with van der Waals surface area (Å²) in [6.45, 7) is 4.00. The van der Waals surface area contributed by atoms with Gasteiger partial charge in [0.05, 0.1) is 0 Å². The molecular weight excluding hydrogens is 178 g/mol. The van der Waals surface area contributed by atoms with Gasteiger partial charge in [-0.2, -0.15) is 0 Å². The monoisotopic (exact) mass is 191 g/mol. The molecule has 0 unspecified atom stereocenters. The molecule has 1 aromatic heterocycles. The fraction of sp³-hybridized carbons (Fsp3) is 0.182. The average molecular weight is 191 g/mol. The van der Waals surface area contributed by atoms with E-state index in [2.05, 4.69) is 21.9 Å². The van der Waals surface area contributed by atoms with E-state index in [1.165, 1.54) is 22.7 Å². The zero-order chi connectivity index (χ0) is 9.52. The third-order valence-corrected chi connectivity index (χ3v) is 2.13. The van der Waals surface area contributed by atoms with Crippen molar-refractivity contribution in [2.45, 2.75) is 13.8 Å². The summed E-state index contributed by atoms with van der Waals surface area (Å²) in [5.74, 6) is 0. The molecule has 0 aliphatic carbocycles. The van der Waals surface area contributed by atoms with Crippen LogP contribution in [-0.4, -0.2) is 4.37 Å². The molecule has 0 saturated carbocycles. The van der Waals surface area contributed by atoms with Crippen molar-refractivity contribution in [3.05, 3.63) is 41.9 Å². The second kappa shape index (κ2) is 5.49. The molecule has 0 fully saturated rings. The topological polar surface area (TPSA) is 12.9 Å². The molecule has 0 spiro atoms. The zero-order valence-corrected chi connectivity index (χ0v) is 8.71. The van der Waals surface area contributed by atoms with Crippen LogP contribution in [-0.2, 0) is 0 Å². The Morgan fingerprint density at radius 2 is 1.69 bits per heavy atom. The first-order chi connectivity index (χ1) is 6.47. The van der Waals surface area contributed by atoms with Crippen molar-refractivity contribution in [2.24, 2.45) is 0 Å². The molecule has 0 aliphatic rings. The van der Waals surface area contributed by atoms with Crippen molar-refractivity contribution < 1.29 is 0 Å². The van der Waals surface area contributed by atoms with E-state index in [1.807, 2.05) is 38.2 Å². The molecular formula is C11H13NS. The number of hydrogen-bond acceptors (Lipinski definition) is 2. The van der Waals surface area contributed by atoms with Gasteiger partial charge in [0.2, 0.25) is 0 Å². The van der Waals surface area contributed by atoms with Gasteiger partial charge in [0, 0.05) is 17.1 Å². The third-order valence-electron chi connectivity index (χ3n) is 1.54. The molecule has 1 heterocycles. The van der Waals surface area contributed by atoms with Gasteiger partial charge in [0.1, 0.15) is 0 Å². The van der Waals surface area contributed by atoms with E-state index < -0.39 is 0 Å². The van der Waals surface area contributed by atoms with E-state index in [-0.39, 0.29) is 0 Å². The van der Waals surface area contributed by atoms with E-state index in [4.69, 9.17) is 0 Å². The molecule has 0 aliphatic heterocycles. The van der Waals surface area contributed by atoms with Crippen molar-refractivity contribution in [3.63, 3.8) is 0 Å². The van der Waals surface area contributed by atoms with Crippen LogP contribution in [0.4, 0.5) is 0 Å². The van der Waals surface area contributed by atoms with Crippen molar-refractivity contribution >= 4 is 11.5 Å². The van der Waals surface area contributed by atoms with Gasteiger partial charge in [-0.15, -0.1) is 0 Å². The Hall–Kier alpha value is -1.15. The van der Waals surface area contributed by atoms with E-state index in [0.717, 1.165) is 0 Å². The molecule has 2 rings (SSSR count). The Morgan fingerprint density at radius 3 is 2.23 bits per heavy atom. The number of aromatic nitrogens is 1. The highest BCUT2D eigenvalue weighted by atomic mass is 32.1. The lowest BCUT2D eigenvalue weighted by Gasteiger charge is -1.92. The van der Waals surface area contributed by atoms with Crippen LogP contribution in [0.3, 0.4) is 0 Å². The molecule has 0 saturated heterocycles. The number of benzene rings is 1. The van der Waals surface area contributed by atoms with Crippen molar-refractivity contribution in [1.82, 2.24) is 4.37 Å². The normalized spacial score (nSPS) is 8.77. The van der Waals surface area contributed by atoms with Gasteiger partial charge in [0.15, 0.2) is 0 Å². The van der Waals surface area contributed by atoms with Gasteiger partial charge < -0.3 is 0 Å². The van der Waals surface area contributed by atoms with Gasteiger partial charge in [-0.3, -0.25) is 0 Å². The maximum absolute atomic E-state index is 4.04. The first-order valence-electron chi connectivity index (χ1n) is 4.41. The highest BCUT2D eigenvalue weighted by Gasteiger charge is 1.94. The smallest absolute Gasteiger partial charge is 0.0485 e. The van der Waals surface area contributed by atoms with Gasteiger partial charge in [-0.1, -0.05) is 44.2 Å². The maximum Gasteiger partial charge on any atom is 0.0485 e. The van der Waals surface area contributed by atoms with Crippen LogP contribution in [0.1, 0.15) is 13.8 Å². The summed E-state index contributed by atoms with van der Waals surface area (Å²) in [7, 11) is 0. The number of nitrogens with zero attached hydrogens (tertiary/aromatic N) is 1. The Bertz CT molecular complexity index is 313. The molecule has 0 radical (unpaired) electrons. The minimum Gasteiger partial charge on any atom is -0.201 e. The van der Waals surface area contributed by atoms with Gasteiger partial charge in [-0.05, 0) is 17.1 Å². The van der Waals surface area contributed by atoms with E-state index >= 15 is 0 Å². The van der Waals surface area contributed by atoms with E-state index in [1.54, 1.807) is 0 Å². The highest BCUT2D eigenvalue weighted by Crippen LogP contribution is 2.18. The number of rotatable bonds is 1. The maximum atomic E-state index is 4.04. The summed E-state index contributed by atoms with van der Waals surface area (Å²) in [5.41, 5.74) is 2.44. The standard InChI is InChI=1S/C9H7NS.C2H6/c1-2-4-8(5-3-1)9-6-10-11-7-9;1-2/h1-7H;1-2H3. The van der Waals surface area contributed by atoms with Crippen LogP contribution < -0.4 is 0 Å². The van der Waals surface area contributed by atoms with Crippen molar-refractivity contribution in [3.8, 4) is 11.1 Å². The molecule has 2 aromatic rings. The Labute approximate surface area is 83.2 Å². The minimum absolute atomic E-state index is 1.20. The van der Waals surface area contributed by atoms with Crippen molar-refractivity contribution in [2.75, 3.05) is 0 Å². The molecule has 0 bridgehead atoms. The van der Waals surface area contributed by atoms with Crippen LogP contribution in [0, 0.1) is 0 Å². The molecule has 0 atom stereocenters. The van der Waals surface area contributed by atoms with E-state index in [0.29, 0.717) is 0 Å². The summed E-state index contributed by atoms with van der Waals surface area (Å²) in [6, 6.07) is 10.3. The van der Waals surface area contributed by atoms with Gasteiger partial charge >= 0.3 is 0 Å². The van der Waals surface area contributed by atoms with Gasteiger partial charge in [0.25, 0.3) is 0 Å². The lowest BCUT2D eigenvalue weighted by atomic mass is 10.1. The van der Waals surface area contributed by atoms with Crippen LogP contribution in [0.25, 0.3) is 11.1 Å². The first-order valence-corrected chi connectivity index (χ1v) is 5.25. The summed E-state index contributed by atoms with van der Waals surface area (Å²) >= 11 is 1.48. The second-order valence-corrected chi connectivity index (χ2v) is 2.94. The van der Waals surface area contributed by atoms with Crippen LogP contribution in [0.2, 0.25) is 0 Å². The average Bonchev–Trinajstić information content (AvgIpc) is 2.75. The number of hydrogen-bond donors (Lipinski definition) is 0. The highest BCUT2D eigenvalue weighted by molar-refractivity contribution is 7.03. The lowest BCUT2D eigenvalue weighted by Crippen LogP contribution is -1.69. The second-order valence-electron chi connectivity index (χ2n) is 2.28. The van der Waals surface area contributed by atoms with Gasteiger partial charge in [-0.25, -0.2) is 4.37 Å². The molecule has 0 amide bonds. The zero-order valence-electron chi connectivity index (χ0n) is 7.90. The lowest BCUT2D eigenvalue weighted by molar-refractivity contribution is 1.50. The van der Waals surface area contributed by atoms with Crippen LogP contribution >= 0.6 is 11.5 Å². The van der Waals surface area contributed by atoms with Crippen molar-refractivity contribution in [1.29, 1.82) is 0 Å². The largest absolute Gasteiger partial charge is 0.201 e. The molecule has 1 aromatic carbocycles. The summed E-state index contributed by atoms with van der Waals surface area (Å²) in [6.07, 6.45) is 1.89. The molecule has 0 N–H and O–H groups in total. The van der Waals surface area contributed by atoms with Crippen LogP contribution in [0.15, 0.2) is 41.9 Å². The predicted octanol–water partition coefficient (Wildman–Crippen LogP) is 3.84. The summed E-state index contributed by atoms with van der Waals surface area (Å²) < 4.78 is 4.04. The Morgan fingerprint density at radius 1 is 1.00 bits per heavy atom. The minimum atomic E-state index is 1.20. The fourth-order valence-corrected chi connectivity index (χ4v) is 1.52. The molecule has 13 heavy (non-hydrogen) atoms. The molecule has 68 valence electrons. The fourth-order valence-electron chi connectivity index (χ4n) is 0.978. The molecule has 2 heteroatoms. The summed E-state index contributed by atoms with van der Waals surface area (Å²) in [5, 5.41) is 2.05. The van der Waals surface area contributed by atoms with Crippen LogP contribution in [0.5, 0.6) is 0 Å². The van der Waals surface area contributed by atoms with E-state index in [9.17, 15) is 0 Å². The first kappa shape index (κ1) is 9.93. The quantitative estimate of drug-likeness (QED) is 0.667. The predicted molar refractivity (Wildman–Crippen MR) is 58.9 cm³/mol.